The van der Waals surface area contributed by atoms with Gasteiger partial charge in [-0.2, -0.15) is 0 Å². The number of amides is 1. The van der Waals surface area contributed by atoms with Crippen LogP contribution < -0.4 is 10.6 Å². The molecule has 0 saturated carbocycles. The number of halogens is 1. The number of ether oxygens (including phenoxy) is 2. The molecule has 128 valence electrons. The van der Waals surface area contributed by atoms with Gasteiger partial charge in [0, 0.05) is 19.0 Å². The molecule has 0 radical (unpaired) electrons. The highest BCUT2D eigenvalue weighted by Crippen LogP contribution is 2.31. The fourth-order valence-corrected chi connectivity index (χ4v) is 2.90. The second kappa shape index (κ2) is 9.47. The van der Waals surface area contributed by atoms with Crippen molar-refractivity contribution in [2.24, 2.45) is 5.92 Å². The monoisotopic (exact) mass is 324 g/mol. The number of benzene rings is 1. The van der Waals surface area contributed by atoms with Gasteiger partial charge in [0.25, 0.3) is 0 Å². The van der Waals surface area contributed by atoms with E-state index in [0.717, 1.165) is 37.9 Å². The summed E-state index contributed by atoms with van der Waals surface area (Å²) in [5.41, 5.74) is 0.844. The summed E-state index contributed by atoms with van der Waals surface area (Å²) in [5.74, 6) is 0.0304. The number of hydrogen-bond donors (Lipinski definition) is 2. The fourth-order valence-electron chi connectivity index (χ4n) is 2.90. The van der Waals surface area contributed by atoms with Crippen LogP contribution in [0.25, 0.3) is 0 Å². The van der Waals surface area contributed by atoms with Gasteiger partial charge in [0.05, 0.1) is 19.8 Å². The molecule has 5 nitrogen and oxygen atoms in total. The Kier molecular flexibility index (Phi) is 7.29. The maximum Gasteiger partial charge on any atom is 0.406 e. The minimum atomic E-state index is -0.480. The number of carbonyl (C=O) groups is 1. The Hall–Kier alpha value is -1.66. The summed E-state index contributed by atoms with van der Waals surface area (Å²) >= 11 is 0. The molecule has 2 atom stereocenters. The highest BCUT2D eigenvalue weighted by atomic mass is 19.1. The van der Waals surface area contributed by atoms with Gasteiger partial charge in [-0.05, 0) is 37.1 Å². The highest BCUT2D eigenvalue weighted by Gasteiger charge is 2.25. The lowest BCUT2D eigenvalue weighted by atomic mass is 9.91. The van der Waals surface area contributed by atoms with Crippen LogP contribution in [0.1, 0.15) is 30.9 Å². The van der Waals surface area contributed by atoms with Crippen LogP contribution in [0.4, 0.5) is 9.18 Å². The lowest BCUT2D eigenvalue weighted by molar-refractivity contribution is 0.0107. The molecule has 0 aromatic heterocycles. The number of methoxy groups -OCH3 is 1. The van der Waals surface area contributed by atoms with Crippen LogP contribution in [0.5, 0.6) is 0 Å². The van der Waals surface area contributed by atoms with Crippen molar-refractivity contribution < 1.29 is 18.7 Å². The molecule has 0 spiro atoms. The zero-order valence-electron chi connectivity index (χ0n) is 13.5. The molecule has 1 heterocycles. The number of carbonyl (C=O) groups excluding carboxylic acids is 1. The Balaban J connectivity index is 2.00. The molecule has 1 aromatic carbocycles. The third-order valence-corrected chi connectivity index (χ3v) is 4.04. The first kappa shape index (κ1) is 17.7. The average Bonchev–Trinajstić information content (AvgIpc) is 2.83. The van der Waals surface area contributed by atoms with Gasteiger partial charge in [0.1, 0.15) is 5.82 Å². The van der Waals surface area contributed by atoms with E-state index in [1.165, 1.54) is 19.2 Å². The molecule has 0 bridgehead atoms. The van der Waals surface area contributed by atoms with Gasteiger partial charge in [-0.3, -0.25) is 0 Å². The van der Waals surface area contributed by atoms with Gasteiger partial charge in [-0.15, -0.1) is 0 Å². The predicted octanol–water partition coefficient (Wildman–Crippen LogP) is 2.63. The lowest BCUT2D eigenvalue weighted by Gasteiger charge is -2.27. The van der Waals surface area contributed by atoms with Gasteiger partial charge in [0.15, 0.2) is 0 Å². The molecule has 1 saturated heterocycles. The SMILES string of the molecule is COC(=O)NCCO[C@@H](c1cccc(F)c1)C1CCCCNC1. The topological polar surface area (TPSA) is 59.6 Å². The molecule has 1 amide bonds. The largest absolute Gasteiger partial charge is 0.453 e. The molecule has 0 aliphatic carbocycles. The van der Waals surface area contributed by atoms with Crippen molar-refractivity contribution >= 4 is 6.09 Å². The van der Waals surface area contributed by atoms with E-state index >= 15 is 0 Å². The molecule has 1 unspecified atom stereocenters. The first-order chi connectivity index (χ1) is 11.2. The predicted molar refractivity (Wildman–Crippen MR) is 85.7 cm³/mol. The van der Waals surface area contributed by atoms with Crippen molar-refractivity contribution in [3.8, 4) is 0 Å². The minimum absolute atomic E-state index is 0.184. The third-order valence-electron chi connectivity index (χ3n) is 4.04. The molecule has 2 rings (SSSR count). The Morgan fingerprint density at radius 3 is 3.13 bits per heavy atom. The Morgan fingerprint density at radius 1 is 1.48 bits per heavy atom. The van der Waals surface area contributed by atoms with Crippen LogP contribution in [0, 0.1) is 11.7 Å². The normalized spacial score (nSPS) is 19.7. The standard InChI is InChI=1S/C17H25FN2O3/c1-22-17(21)20-9-10-23-16(13-6-4-7-15(18)11-13)14-5-2-3-8-19-12-14/h4,6-7,11,14,16,19H,2-3,5,8-10,12H2,1H3,(H,20,21)/t14?,16-/m0/s1. The summed E-state index contributed by atoms with van der Waals surface area (Å²) in [7, 11) is 1.32. The molecule has 1 aliphatic rings. The van der Waals surface area contributed by atoms with Crippen LogP contribution in [-0.2, 0) is 9.47 Å². The number of nitrogens with one attached hydrogen (secondary N) is 2. The first-order valence-corrected chi connectivity index (χ1v) is 8.10. The maximum atomic E-state index is 13.6. The Labute approximate surface area is 136 Å². The van der Waals surface area contributed by atoms with E-state index < -0.39 is 6.09 Å². The first-order valence-electron chi connectivity index (χ1n) is 8.10. The van der Waals surface area contributed by atoms with E-state index in [9.17, 15) is 9.18 Å². The average molecular weight is 324 g/mol. The van der Waals surface area contributed by atoms with Crippen LogP contribution >= 0.6 is 0 Å². The Morgan fingerprint density at radius 2 is 2.35 bits per heavy atom. The van der Waals surface area contributed by atoms with Gasteiger partial charge in [-0.25, -0.2) is 9.18 Å². The summed E-state index contributed by atoms with van der Waals surface area (Å²) in [5, 5.41) is 6.01. The van der Waals surface area contributed by atoms with Gasteiger partial charge >= 0.3 is 6.09 Å². The van der Waals surface area contributed by atoms with E-state index in [1.807, 2.05) is 6.07 Å². The molecular formula is C17H25FN2O3. The molecule has 6 heteroatoms. The second-order valence-electron chi connectivity index (χ2n) is 5.72. The van der Waals surface area contributed by atoms with Crippen molar-refractivity contribution in [2.45, 2.75) is 25.4 Å². The van der Waals surface area contributed by atoms with Crippen molar-refractivity contribution in [2.75, 3.05) is 33.4 Å². The van der Waals surface area contributed by atoms with Gasteiger partial charge < -0.3 is 20.1 Å². The van der Waals surface area contributed by atoms with E-state index in [4.69, 9.17) is 4.74 Å². The van der Waals surface area contributed by atoms with Crippen LogP contribution in [0.15, 0.2) is 24.3 Å². The van der Waals surface area contributed by atoms with Crippen LogP contribution in [-0.4, -0.2) is 39.4 Å². The lowest BCUT2D eigenvalue weighted by Crippen LogP contribution is -2.30. The minimum Gasteiger partial charge on any atom is -0.453 e. The van der Waals surface area contributed by atoms with Crippen molar-refractivity contribution in [3.63, 3.8) is 0 Å². The fraction of sp³-hybridized carbons (Fsp3) is 0.588. The van der Waals surface area contributed by atoms with Crippen LogP contribution in [0.3, 0.4) is 0 Å². The summed E-state index contributed by atoms with van der Waals surface area (Å²) in [6, 6.07) is 6.57. The quantitative estimate of drug-likeness (QED) is 0.790. The maximum absolute atomic E-state index is 13.6. The zero-order valence-corrected chi connectivity index (χ0v) is 13.5. The van der Waals surface area contributed by atoms with E-state index in [1.54, 1.807) is 6.07 Å². The van der Waals surface area contributed by atoms with E-state index in [-0.39, 0.29) is 17.8 Å². The molecule has 2 N–H and O–H groups in total. The number of alkyl carbamates (subject to hydrolysis) is 1. The van der Waals surface area contributed by atoms with E-state index in [2.05, 4.69) is 15.4 Å². The zero-order chi connectivity index (χ0) is 16.5. The molecular weight excluding hydrogens is 299 g/mol. The molecule has 23 heavy (non-hydrogen) atoms. The summed E-state index contributed by atoms with van der Waals surface area (Å²) in [6.07, 6.45) is 2.66. The Bertz CT molecular complexity index is 490. The van der Waals surface area contributed by atoms with Gasteiger partial charge in [0.2, 0.25) is 0 Å². The van der Waals surface area contributed by atoms with Crippen molar-refractivity contribution in [1.82, 2.24) is 10.6 Å². The van der Waals surface area contributed by atoms with Crippen LogP contribution in [0.2, 0.25) is 0 Å². The van der Waals surface area contributed by atoms with Crippen molar-refractivity contribution in [3.05, 3.63) is 35.6 Å². The van der Waals surface area contributed by atoms with E-state index in [0.29, 0.717) is 13.2 Å². The smallest absolute Gasteiger partial charge is 0.406 e. The number of rotatable bonds is 6. The molecule has 1 fully saturated rings. The highest BCUT2D eigenvalue weighted by molar-refractivity contribution is 5.66. The third kappa shape index (κ3) is 5.80. The molecule has 1 aromatic rings. The summed E-state index contributed by atoms with van der Waals surface area (Å²) in [4.78, 5) is 11.1. The number of hydrogen-bond acceptors (Lipinski definition) is 4. The second-order valence-corrected chi connectivity index (χ2v) is 5.72. The summed E-state index contributed by atoms with van der Waals surface area (Å²) in [6.45, 7) is 2.58. The summed E-state index contributed by atoms with van der Waals surface area (Å²) < 4.78 is 24.1. The van der Waals surface area contributed by atoms with Crippen molar-refractivity contribution in [1.29, 1.82) is 0 Å². The molecule has 1 aliphatic heterocycles. The van der Waals surface area contributed by atoms with Gasteiger partial charge in [-0.1, -0.05) is 18.6 Å².